The van der Waals surface area contributed by atoms with Gasteiger partial charge >= 0.3 is 0 Å². The Balaban J connectivity index is 1.90. The fraction of sp³-hybridized carbons (Fsp3) is 0.214. The highest BCUT2D eigenvalue weighted by Gasteiger charge is 2.10. The van der Waals surface area contributed by atoms with E-state index < -0.39 is 11.6 Å². The molecule has 1 aromatic carbocycles. The number of hydrogen-bond acceptors (Lipinski definition) is 3. The van der Waals surface area contributed by atoms with Crippen molar-refractivity contribution in [2.24, 2.45) is 7.05 Å². The van der Waals surface area contributed by atoms with Gasteiger partial charge in [-0.15, -0.1) is 0 Å². The summed E-state index contributed by atoms with van der Waals surface area (Å²) in [5.41, 5.74) is 0.554. The predicted molar refractivity (Wildman–Crippen MR) is 70.1 cm³/mol. The molecule has 0 radical (unpaired) electrons. The zero-order valence-electron chi connectivity index (χ0n) is 10.8. The molecule has 0 aliphatic carbocycles. The first-order valence-electron chi connectivity index (χ1n) is 6.21. The third-order valence-corrected chi connectivity index (χ3v) is 3.18. The Morgan fingerprint density at radius 2 is 1.80 bits per heavy atom. The van der Waals surface area contributed by atoms with E-state index in [2.05, 4.69) is 15.0 Å². The van der Waals surface area contributed by atoms with Crippen LogP contribution in [-0.4, -0.2) is 19.5 Å². The van der Waals surface area contributed by atoms with Crippen molar-refractivity contribution < 1.29 is 8.78 Å². The summed E-state index contributed by atoms with van der Waals surface area (Å²) in [4.78, 5) is 12.3. The van der Waals surface area contributed by atoms with Crippen LogP contribution in [0.4, 0.5) is 8.78 Å². The van der Waals surface area contributed by atoms with E-state index in [1.54, 1.807) is 6.20 Å². The van der Waals surface area contributed by atoms with Crippen LogP contribution in [0.5, 0.6) is 0 Å². The standard InChI is InChI=1S/C14H12F2N4/c1-20-7-6-17-12(20)5-2-9-8-18-13-10(15)3-4-11(16)14(13)19-9/h3-4,6-8H,2,5H2,1H3. The lowest BCUT2D eigenvalue weighted by molar-refractivity contribution is 0.611. The Kier molecular flexibility index (Phi) is 3.14. The van der Waals surface area contributed by atoms with Gasteiger partial charge in [-0.3, -0.25) is 0 Å². The van der Waals surface area contributed by atoms with E-state index in [1.807, 2.05) is 17.8 Å². The van der Waals surface area contributed by atoms with Crippen LogP contribution in [0.3, 0.4) is 0 Å². The van der Waals surface area contributed by atoms with Crippen molar-refractivity contribution in [3.63, 3.8) is 0 Å². The zero-order chi connectivity index (χ0) is 14.1. The van der Waals surface area contributed by atoms with E-state index in [0.29, 0.717) is 18.5 Å². The molecule has 0 bridgehead atoms. The third kappa shape index (κ3) is 2.24. The van der Waals surface area contributed by atoms with Crippen molar-refractivity contribution in [2.45, 2.75) is 12.8 Å². The molecular formula is C14H12F2N4. The number of aryl methyl sites for hydroxylation is 3. The van der Waals surface area contributed by atoms with Crippen LogP contribution < -0.4 is 0 Å². The Labute approximate surface area is 114 Å². The van der Waals surface area contributed by atoms with Gasteiger partial charge in [-0.25, -0.2) is 23.7 Å². The van der Waals surface area contributed by atoms with Crippen molar-refractivity contribution in [3.05, 3.63) is 53.9 Å². The lowest BCUT2D eigenvalue weighted by atomic mass is 10.2. The summed E-state index contributed by atoms with van der Waals surface area (Å²) >= 11 is 0. The fourth-order valence-corrected chi connectivity index (χ4v) is 2.07. The third-order valence-electron chi connectivity index (χ3n) is 3.18. The molecular weight excluding hydrogens is 262 g/mol. The molecule has 0 unspecified atom stereocenters. The number of imidazole rings is 1. The Hall–Kier alpha value is -2.37. The maximum Gasteiger partial charge on any atom is 0.151 e. The second-order valence-corrected chi connectivity index (χ2v) is 4.54. The van der Waals surface area contributed by atoms with Crippen LogP contribution >= 0.6 is 0 Å². The minimum Gasteiger partial charge on any atom is -0.338 e. The topological polar surface area (TPSA) is 43.6 Å². The van der Waals surface area contributed by atoms with Crippen LogP contribution in [0, 0.1) is 11.6 Å². The number of benzene rings is 1. The van der Waals surface area contributed by atoms with Crippen LogP contribution in [-0.2, 0) is 19.9 Å². The van der Waals surface area contributed by atoms with Gasteiger partial charge < -0.3 is 4.57 Å². The highest BCUT2D eigenvalue weighted by molar-refractivity contribution is 5.75. The molecule has 0 amide bonds. The molecule has 20 heavy (non-hydrogen) atoms. The molecule has 0 N–H and O–H groups in total. The molecule has 4 nitrogen and oxygen atoms in total. The largest absolute Gasteiger partial charge is 0.338 e. The van der Waals surface area contributed by atoms with Gasteiger partial charge in [0, 0.05) is 32.1 Å². The maximum atomic E-state index is 13.6. The van der Waals surface area contributed by atoms with Gasteiger partial charge in [-0.05, 0) is 18.6 Å². The van der Waals surface area contributed by atoms with E-state index in [4.69, 9.17) is 0 Å². The summed E-state index contributed by atoms with van der Waals surface area (Å²) in [6.45, 7) is 0. The highest BCUT2D eigenvalue weighted by atomic mass is 19.1. The van der Waals surface area contributed by atoms with Crippen molar-refractivity contribution in [3.8, 4) is 0 Å². The number of hydrogen-bond donors (Lipinski definition) is 0. The first-order chi connectivity index (χ1) is 9.65. The van der Waals surface area contributed by atoms with Gasteiger partial charge in [0.05, 0.1) is 5.69 Å². The van der Waals surface area contributed by atoms with Gasteiger partial charge in [0.15, 0.2) is 11.6 Å². The maximum absolute atomic E-state index is 13.6. The summed E-state index contributed by atoms with van der Waals surface area (Å²) in [6.07, 6.45) is 6.30. The molecule has 0 saturated heterocycles. The molecule has 2 heterocycles. The molecule has 0 fully saturated rings. The molecule has 0 saturated carbocycles. The van der Waals surface area contributed by atoms with Crippen molar-refractivity contribution in [2.75, 3.05) is 0 Å². The lowest BCUT2D eigenvalue weighted by Crippen LogP contribution is -2.03. The Morgan fingerprint density at radius 3 is 2.50 bits per heavy atom. The number of fused-ring (bicyclic) bond motifs is 1. The first kappa shape index (κ1) is 12.7. The van der Waals surface area contributed by atoms with Crippen molar-refractivity contribution in [1.29, 1.82) is 0 Å². The van der Waals surface area contributed by atoms with E-state index in [-0.39, 0.29) is 11.0 Å². The summed E-state index contributed by atoms with van der Waals surface area (Å²) in [6, 6.07) is 2.12. The minimum atomic E-state index is -0.565. The molecule has 3 aromatic rings. The van der Waals surface area contributed by atoms with Crippen LogP contribution in [0.25, 0.3) is 11.0 Å². The summed E-state index contributed by atoms with van der Waals surface area (Å²) in [7, 11) is 1.91. The van der Waals surface area contributed by atoms with Gasteiger partial charge in [-0.2, -0.15) is 0 Å². The van der Waals surface area contributed by atoms with Gasteiger partial charge in [-0.1, -0.05) is 0 Å². The average Bonchev–Trinajstić information content (AvgIpc) is 2.86. The number of rotatable bonds is 3. The van der Waals surface area contributed by atoms with Crippen LogP contribution in [0.2, 0.25) is 0 Å². The van der Waals surface area contributed by atoms with Gasteiger partial charge in [0.2, 0.25) is 0 Å². The zero-order valence-corrected chi connectivity index (χ0v) is 10.8. The van der Waals surface area contributed by atoms with Gasteiger partial charge in [0.25, 0.3) is 0 Å². The minimum absolute atomic E-state index is 0.0256. The van der Waals surface area contributed by atoms with Crippen LogP contribution in [0.15, 0.2) is 30.7 Å². The first-order valence-corrected chi connectivity index (χ1v) is 6.21. The van der Waals surface area contributed by atoms with E-state index in [0.717, 1.165) is 18.0 Å². The number of aromatic nitrogens is 4. The molecule has 0 aliphatic rings. The molecule has 2 aromatic heterocycles. The number of halogens is 2. The molecule has 0 aliphatic heterocycles. The Bertz CT molecular complexity index is 767. The molecule has 6 heteroatoms. The SMILES string of the molecule is Cn1ccnc1CCc1cnc2c(F)ccc(F)c2n1. The van der Waals surface area contributed by atoms with E-state index in [1.165, 1.54) is 6.20 Å². The smallest absolute Gasteiger partial charge is 0.151 e. The lowest BCUT2D eigenvalue weighted by Gasteiger charge is -2.04. The molecule has 102 valence electrons. The van der Waals surface area contributed by atoms with Crippen molar-refractivity contribution in [1.82, 2.24) is 19.5 Å². The summed E-state index contributed by atoms with van der Waals surface area (Å²) in [5, 5.41) is 0. The van der Waals surface area contributed by atoms with Gasteiger partial charge in [0.1, 0.15) is 16.9 Å². The quantitative estimate of drug-likeness (QED) is 0.736. The summed E-state index contributed by atoms with van der Waals surface area (Å²) < 4.78 is 29.0. The second-order valence-electron chi connectivity index (χ2n) is 4.54. The highest BCUT2D eigenvalue weighted by Crippen LogP contribution is 2.17. The average molecular weight is 274 g/mol. The normalized spacial score (nSPS) is 11.2. The molecule has 3 rings (SSSR count). The molecule has 0 spiro atoms. The predicted octanol–water partition coefficient (Wildman–Crippen LogP) is 2.43. The molecule has 0 atom stereocenters. The van der Waals surface area contributed by atoms with E-state index in [9.17, 15) is 8.78 Å². The van der Waals surface area contributed by atoms with Crippen LogP contribution in [0.1, 0.15) is 11.5 Å². The Morgan fingerprint density at radius 1 is 1.05 bits per heavy atom. The van der Waals surface area contributed by atoms with Crippen molar-refractivity contribution >= 4 is 11.0 Å². The second kappa shape index (κ2) is 4.96. The number of nitrogens with zero attached hydrogens (tertiary/aromatic N) is 4. The summed E-state index contributed by atoms with van der Waals surface area (Å²) in [5.74, 6) is -0.219. The fourth-order valence-electron chi connectivity index (χ4n) is 2.07. The monoisotopic (exact) mass is 274 g/mol. The van der Waals surface area contributed by atoms with E-state index >= 15 is 0 Å².